The van der Waals surface area contributed by atoms with Gasteiger partial charge in [0.25, 0.3) is 0 Å². The van der Waals surface area contributed by atoms with Gasteiger partial charge >= 0.3 is 0 Å². The molecular formula is C6H11N5OS. The van der Waals surface area contributed by atoms with Gasteiger partial charge in [0, 0.05) is 11.5 Å². The zero-order valence-electron chi connectivity index (χ0n) is 7.66. The van der Waals surface area contributed by atoms with E-state index in [0.29, 0.717) is 5.13 Å². The number of nitrogens with one attached hydrogen (secondary N) is 2. The van der Waals surface area contributed by atoms with Crippen LogP contribution >= 0.6 is 11.5 Å². The van der Waals surface area contributed by atoms with Crippen LogP contribution in [0.25, 0.3) is 0 Å². The van der Waals surface area contributed by atoms with E-state index in [4.69, 9.17) is 0 Å². The van der Waals surface area contributed by atoms with Crippen LogP contribution in [0.2, 0.25) is 0 Å². The SMILES string of the molecule is CNC(C)(C)C(=O)Nc1nnns1. The van der Waals surface area contributed by atoms with Crippen molar-refractivity contribution in [3.8, 4) is 0 Å². The molecule has 0 bridgehead atoms. The van der Waals surface area contributed by atoms with E-state index in [1.807, 2.05) is 0 Å². The summed E-state index contributed by atoms with van der Waals surface area (Å²) in [6, 6.07) is 0. The zero-order valence-corrected chi connectivity index (χ0v) is 8.47. The smallest absolute Gasteiger partial charge is 0.245 e. The third-order valence-electron chi connectivity index (χ3n) is 1.71. The van der Waals surface area contributed by atoms with Gasteiger partial charge in [-0.05, 0) is 26.1 Å². The quantitative estimate of drug-likeness (QED) is 0.712. The molecule has 72 valence electrons. The van der Waals surface area contributed by atoms with E-state index >= 15 is 0 Å². The number of hydrogen-bond donors (Lipinski definition) is 2. The Hall–Kier alpha value is -1.08. The normalized spacial score (nSPS) is 11.3. The molecule has 0 aliphatic carbocycles. The number of amides is 1. The van der Waals surface area contributed by atoms with Gasteiger partial charge in [0.2, 0.25) is 11.0 Å². The minimum absolute atomic E-state index is 0.159. The van der Waals surface area contributed by atoms with E-state index in [2.05, 4.69) is 25.4 Å². The lowest BCUT2D eigenvalue weighted by Gasteiger charge is -2.21. The molecule has 0 aliphatic rings. The van der Waals surface area contributed by atoms with Crippen LogP contribution in [0.15, 0.2) is 0 Å². The molecule has 6 nitrogen and oxygen atoms in total. The number of aromatic nitrogens is 3. The van der Waals surface area contributed by atoms with Gasteiger partial charge in [-0.3, -0.25) is 10.1 Å². The van der Waals surface area contributed by atoms with Crippen LogP contribution in [0.5, 0.6) is 0 Å². The van der Waals surface area contributed by atoms with Crippen LogP contribution in [0.4, 0.5) is 5.13 Å². The fraction of sp³-hybridized carbons (Fsp3) is 0.667. The Morgan fingerprint density at radius 2 is 2.23 bits per heavy atom. The van der Waals surface area contributed by atoms with Gasteiger partial charge in [-0.25, -0.2) is 0 Å². The van der Waals surface area contributed by atoms with Gasteiger partial charge in [0.15, 0.2) is 0 Å². The highest BCUT2D eigenvalue weighted by Crippen LogP contribution is 2.09. The lowest BCUT2D eigenvalue weighted by atomic mass is 10.1. The second kappa shape index (κ2) is 3.75. The van der Waals surface area contributed by atoms with E-state index in [0.717, 1.165) is 11.5 Å². The molecule has 1 heterocycles. The fourth-order valence-electron chi connectivity index (χ4n) is 0.549. The molecule has 0 saturated heterocycles. The maximum absolute atomic E-state index is 11.5. The van der Waals surface area contributed by atoms with E-state index in [-0.39, 0.29) is 5.91 Å². The van der Waals surface area contributed by atoms with E-state index < -0.39 is 5.54 Å². The summed E-state index contributed by atoms with van der Waals surface area (Å²) in [5, 5.41) is 12.9. The molecule has 0 aromatic carbocycles. The van der Waals surface area contributed by atoms with Crippen molar-refractivity contribution in [2.45, 2.75) is 19.4 Å². The summed E-state index contributed by atoms with van der Waals surface area (Å²) >= 11 is 1.05. The van der Waals surface area contributed by atoms with E-state index in [1.165, 1.54) is 0 Å². The first-order chi connectivity index (χ1) is 6.06. The predicted octanol–water partition coefficient (Wildman–Crippen LogP) is -0.130. The number of carbonyl (C=O) groups is 1. The lowest BCUT2D eigenvalue weighted by molar-refractivity contribution is -0.121. The van der Waals surface area contributed by atoms with E-state index in [9.17, 15) is 4.79 Å². The Bertz CT molecular complexity index is 283. The summed E-state index contributed by atoms with van der Waals surface area (Å²) in [6.07, 6.45) is 0. The summed E-state index contributed by atoms with van der Waals surface area (Å²) in [5.74, 6) is -0.159. The summed E-state index contributed by atoms with van der Waals surface area (Å²) < 4.78 is 3.53. The summed E-state index contributed by atoms with van der Waals surface area (Å²) in [4.78, 5) is 11.5. The average molecular weight is 201 g/mol. The molecule has 0 aliphatic heterocycles. The van der Waals surface area contributed by atoms with Crippen molar-refractivity contribution >= 4 is 22.6 Å². The fourth-order valence-corrected chi connectivity index (χ4v) is 0.911. The molecule has 1 rings (SSSR count). The topological polar surface area (TPSA) is 79.8 Å². The Morgan fingerprint density at radius 3 is 2.69 bits per heavy atom. The maximum Gasteiger partial charge on any atom is 0.245 e. The molecule has 0 spiro atoms. The molecule has 0 radical (unpaired) electrons. The highest BCUT2D eigenvalue weighted by molar-refractivity contribution is 7.09. The lowest BCUT2D eigenvalue weighted by Crippen LogP contribution is -2.47. The molecule has 13 heavy (non-hydrogen) atoms. The molecule has 2 N–H and O–H groups in total. The van der Waals surface area contributed by atoms with Crippen LogP contribution < -0.4 is 10.6 Å². The van der Waals surface area contributed by atoms with Crippen molar-refractivity contribution in [2.75, 3.05) is 12.4 Å². The average Bonchev–Trinajstić information content (AvgIpc) is 2.57. The van der Waals surface area contributed by atoms with Crippen molar-refractivity contribution in [2.24, 2.45) is 0 Å². The Kier molecular flexibility index (Phi) is 2.89. The molecule has 1 amide bonds. The van der Waals surface area contributed by atoms with Crippen molar-refractivity contribution in [1.29, 1.82) is 0 Å². The van der Waals surface area contributed by atoms with Gasteiger partial charge in [0.05, 0.1) is 5.54 Å². The number of anilines is 1. The third-order valence-corrected chi connectivity index (χ3v) is 2.22. The van der Waals surface area contributed by atoms with Gasteiger partial charge < -0.3 is 5.32 Å². The summed E-state index contributed by atoms with van der Waals surface area (Å²) in [5.41, 5.74) is -0.619. The number of likely N-dealkylation sites (N-methyl/N-ethyl adjacent to an activating group) is 1. The number of rotatable bonds is 3. The summed E-state index contributed by atoms with van der Waals surface area (Å²) in [6.45, 7) is 3.55. The zero-order chi connectivity index (χ0) is 9.90. The number of nitrogens with zero attached hydrogens (tertiary/aromatic N) is 3. The van der Waals surface area contributed by atoms with Crippen LogP contribution in [-0.4, -0.2) is 33.3 Å². The molecule has 0 atom stereocenters. The molecule has 0 fully saturated rings. The first-order valence-electron chi connectivity index (χ1n) is 3.71. The van der Waals surface area contributed by atoms with Crippen LogP contribution in [-0.2, 0) is 4.79 Å². The van der Waals surface area contributed by atoms with Crippen molar-refractivity contribution in [3.05, 3.63) is 0 Å². The minimum Gasteiger partial charge on any atom is -0.307 e. The third kappa shape index (κ3) is 2.43. The number of carbonyl (C=O) groups excluding carboxylic acids is 1. The largest absolute Gasteiger partial charge is 0.307 e. The highest BCUT2D eigenvalue weighted by atomic mass is 32.1. The van der Waals surface area contributed by atoms with Gasteiger partial charge in [0.1, 0.15) is 0 Å². The van der Waals surface area contributed by atoms with Gasteiger partial charge in [-0.15, -0.1) is 0 Å². The maximum atomic E-state index is 11.5. The second-order valence-electron chi connectivity index (χ2n) is 3.00. The molecule has 0 saturated carbocycles. The van der Waals surface area contributed by atoms with Crippen molar-refractivity contribution in [3.63, 3.8) is 0 Å². The second-order valence-corrected chi connectivity index (χ2v) is 3.73. The standard InChI is InChI=1S/C6H11N5OS/c1-6(2,7-3)4(12)8-5-9-10-11-13-5/h7H,1-3H3,(H,8,9,11,12). The Labute approximate surface area is 79.9 Å². The molecule has 0 unspecified atom stereocenters. The molecule has 7 heteroatoms. The van der Waals surface area contributed by atoms with Crippen molar-refractivity contribution < 1.29 is 4.79 Å². The molecular weight excluding hydrogens is 190 g/mol. The van der Waals surface area contributed by atoms with E-state index in [1.54, 1.807) is 20.9 Å². The van der Waals surface area contributed by atoms with Crippen molar-refractivity contribution in [1.82, 2.24) is 20.1 Å². The van der Waals surface area contributed by atoms with Crippen LogP contribution in [0.3, 0.4) is 0 Å². The first kappa shape index (κ1) is 10.0. The summed E-state index contributed by atoms with van der Waals surface area (Å²) in [7, 11) is 1.72. The minimum atomic E-state index is -0.619. The molecule has 1 aromatic heterocycles. The Balaban J connectivity index is 2.61. The number of hydrogen-bond acceptors (Lipinski definition) is 6. The van der Waals surface area contributed by atoms with Gasteiger partial charge in [-0.1, -0.05) is 9.59 Å². The monoisotopic (exact) mass is 201 g/mol. The highest BCUT2D eigenvalue weighted by Gasteiger charge is 2.25. The predicted molar refractivity (Wildman–Crippen MR) is 49.5 cm³/mol. The molecule has 1 aromatic rings. The Morgan fingerprint density at radius 1 is 1.54 bits per heavy atom. The first-order valence-corrected chi connectivity index (χ1v) is 4.49. The van der Waals surface area contributed by atoms with Gasteiger partial charge in [-0.2, -0.15) is 0 Å². The van der Waals surface area contributed by atoms with Crippen LogP contribution in [0.1, 0.15) is 13.8 Å². The van der Waals surface area contributed by atoms with Crippen LogP contribution in [0, 0.1) is 0 Å².